The van der Waals surface area contributed by atoms with E-state index in [1.54, 1.807) is 26.4 Å². The number of amides is 1. The molecule has 0 spiro atoms. The molecule has 1 heterocycles. The van der Waals surface area contributed by atoms with Gasteiger partial charge in [0, 0.05) is 31.8 Å². The van der Waals surface area contributed by atoms with Gasteiger partial charge >= 0.3 is 11.9 Å². The summed E-state index contributed by atoms with van der Waals surface area (Å²) in [7, 11) is 0. The molecule has 0 aliphatic rings. The van der Waals surface area contributed by atoms with Crippen molar-refractivity contribution in [3.63, 3.8) is 0 Å². The SMILES string of the molecule is CCOC(=O)C(CCCCNCCc1cnc[nH]1)(NC(C)=O)C(=O)OCC. The van der Waals surface area contributed by atoms with Gasteiger partial charge in [-0.2, -0.15) is 0 Å². The number of hydrogen-bond acceptors (Lipinski definition) is 7. The van der Waals surface area contributed by atoms with Crippen molar-refractivity contribution >= 4 is 17.8 Å². The topological polar surface area (TPSA) is 122 Å². The van der Waals surface area contributed by atoms with Crippen molar-refractivity contribution in [2.75, 3.05) is 26.3 Å². The summed E-state index contributed by atoms with van der Waals surface area (Å²) in [6.45, 7) is 6.26. The molecule has 0 saturated carbocycles. The molecule has 1 aromatic rings. The molecule has 1 aromatic heterocycles. The monoisotopic (exact) mass is 382 g/mol. The van der Waals surface area contributed by atoms with Crippen LogP contribution in [0.2, 0.25) is 0 Å². The van der Waals surface area contributed by atoms with E-state index in [0.29, 0.717) is 6.42 Å². The average Bonchev–Trinajstić information content (AvgIpc) is 3.13. The predicted octanol–water partition coefficient (Wildman–Crippen LogP) is 0.713. The van der Waals surface area contributed by atoms with Gasteiger partial charge in [0.05, 0.1) is 19.5 Å². The van der Waals surface area contributed by atoms with Crippen molar-refractivity contribution < 1.29 is 23.9 Å². The molecule has 1 rings (SSSR count). The van der Waals surface area contributed by atoms with Crippen molar-refractivity contribution in [2.45, 2.75) is 52.0 Å². The Bertz CT molecular complexity index is 571. The van der Waals surface area contributed by atoms with E-state index in [2.05, 4.69) is 20.6 Å². The number of imidazole rings is 1. The van der Waals surface area contributed by atoms with Crippen molar-refractivity contribution in [2.24, 2.45) is 0 Å². The van der Waals surface area contributed by atoms with Crippen molar-refractivity contribution in [1.82, 2.24) is 20.6 Å². The fraction of sp³-hybridized carbons (Fsp3) is 0.667. The molecule has 0 aliphatic heterocycles. The molecule has 0 radical (unpaired) electrons. The summed E-state index contributed by atoms with van der Waals surface area (Å²) in [4.78, 5) is 43.5. The second-order valence-corrected chi connectivity index (χ2v) is 6.06. The first-order valence-corrected chi connectivity index (χ1v) is 9.27. The number of hydrogen-bond donors (Lipinski definition) is 3. The Hall–Kier alpha value is -2.42. The van der Waals surface area contributed by atoms with Gasteiger partial charge < -0.3 is 25.1 Å². The van der Waals surface area contributed by atoms with E-state index in [-0.39, 0.29) is 19.6 Å². The number of carbonyl (C=O) groups is 3. The third kappa shape index (κ3) is 7.38. The number of H-pyrrole nitrogens is 1. The normalized spacial score (nSPS) is 11.1. The van der Waals surface area contributed by atoms with Crippen LogP contribution in [0.15, 0.2) is 12.5 Å². The van der Waals surface area contributed by atoms with Gasteiger partial charge in [0.15, 0.2) is 0 Å². The lowest BCUT2D eigenvalue weighted by Gasteiger charge is -2.29. The maximum absolute atomic E-state index is 12.5. The molecule has 1 amide bonds. The van der Waals surface area contributed by atoms with Gasteiger partial charge in [-0.15, -0.1) is 0 Å². The van der Waals surface area contributed by atoms with Gasteiger partial charge in [0.1, 0.15) is 0 Å². The first-order valence-electron chi connectivity index (χ1n) is 9.27. The maximum atomic E-state index is 12.5. The van der Waals surface area contributed by atoms with Crippen molar-refractivity contribution in [1.29, 1.82) is 0 Å². The van der Waals surface area contributed by atoms with E-state index in [1.165, 1.54) is 6.92 Å². The first kappa shape index (κ1) is 22.6. The third-order valence-electron chi connectivity index (χ3n) is 3.92. The first-order chi connectivity index (χ1) is 13.0. The number of rotatable bonds is 13. The third-order valence-corrected chi connectivity index (χ3v) is 3.92. The molecule has 0 fully saturated rings. The summed E-state index contributed by atoms with van der Waals surface area (Å²) < 4.78 is 10.1. The van der Waals surface area contributed by atoms with E-state index in [0.717, 1.165) is 31.6 Å². The van der Waals surface area contributed by atoms with Gasteiger partial charge in [-0.3, -0.25) is 4.79 Å². The second-order valence-electron chi connectivity index (χ2n) is 6.06. The van der Waals surface area contributed by atoms with Crippen LogP contribution >= 0.6 is 0 Å². The predicted molar refractivity (Wildman–Crippen MR) is 98.8 cm³/mol. The lowest BCUT2D eigenvalue weighted by molar-refractivity contribution is -0.168. The number of esters is 2. The second kappa shape index (κ2) is 12.1. The van der Waals surface area contributed by atoms with Crippen LogP contribution in [0.3, 0.4) is 0 Å². The summed E-state index contributed by atoms with van der Waals surface area (Å²) in [6, 6.07) is 0. The van der Waals surface area contributed by atoms with Crippen LogP contribution in [0.25, 0.3) is 0 Å². The largest absolute Gasteiger partial charge is 0.464 e. The van der Waals surface area contributed by atoms with Gasteiger partial charge in [0.25, 0.3) is 0 Å². The lowest BCUT2D eigenvalue weighted by Crippen LogP contribution is -2.61. The summed E-state index contributed by atoms with van der Waals surface area (Å²) in [5, 5.41) is 5.76. The number of nitrogens with zero attached hydrogens (tertiary/aromatic N) is 1. The Morgan fingerprint density at radius 2 is 1.78 bits per heavy atom. The van der Waals surface area contributed by atoms with Crippen LogP contribution in [0.4, 0.5) is 0 Å². The van der Waals surface area contributed by atoms with Crippen molar-refractivity contribution in [3.8, 4) is 0 Å². The number of carbonyl (C=O) groups excluding carboxylic acids is 3. The zero-order valence-corrected chi connectivity index (χ0v) is 16.3. The highest BCUT2D eigenvalue weighted by atomic mass is 16.6. The molecule has 9 nitrogen and oxygen atoms in total. The summed E-state index contributed by atoms with van der Waals surface area (Å²) >= 11 is 0. The molecule has 9 heteroatoms. The fourth-order valence-electron chi connectivity index (χ4n) is 2.67. The minimum atomic E-state index is -1.80. The Kier molecular flexibility index (Phi) is 10.1. The Balaban J connectivity index is 2.56. The van der Waals surface area contributed by atoms with Crippen LogP contribution in [-0.4, -0.2) is 59.7 Å². The zero-order chi connectivity index (χ0) is 20.1. The maximum Gasteiger partial charge on any atom is 0.343 e. The van der Waals surface area contributed by atoms with E-state index in [9.17, 15) is 14.4 Å². The average molecular weight is 382 g/mol. The number of unbranched alkanes of at least 4 members (excludes halogenated alkanes) is 1. The summed E-state index contributed by atoms with van der Waals surface area (Å²) in [5.41, 5.74) is -0.745. The number of ether oxygens (including phenoxy) is 2. The van der Waals surface area contributed by atoms with Gasteiger partial charge in [-0.25, -0.2) is 14.6 Å². The van der Waals surface area contributed by atoms with E-state index in [4.69, 9.17) is 9.47 Å². The van der Waals surface area contributed by atoms with Crippen LogP contribution in [0.5, 0.6) is 0 Å². The molecule has 152 valence electrons. The minimum absolute atomic E-state index is 0.106. The molecule has 3 N–H and O–H groups in total. The zero-order valence-electron chi connectivity index (χ0n) is 16.3. The highest BCUT2D eigenvalue weighted by molar-refractivity contribution is 6.07. The van der Waals surface area contributed by atoms with E-state index < -0.39 is 23.4 Å². The van der Waals surface area contributed by atoms with Crippen LogP contribution < -0.4 is 10.6 Å². The molecule has 0 saturated heterocycles. The molecular weight excluding hydrogens is 352 g/mol. The van der Waals surface area contributed by atoms with Gasteiger partial charge in [0.2, 0.25) is 11.4 Å². The van der Waals surface area contributed by atoms with E-state index >= 15 is 0 Å². The Morgan fingerprint density at radius 3 is 2.30 bits per heavy atom. The lowest BCUT2D eigenvalue weighted by atomic mass is 9.92. The van der Waals surface area contributed by atoms with Gasteiger partial charge in [-0.05, 0) is 39.7 Å². The molecule has 0 bridgehead atoms. The van der Waals surface area contributed by atoms with Gasteiger partial charge in [-0.1, -0.05) is 0 Å². The summed E-state index contributed by atoms with van der Waals surface area (Å²) in [6.07, 6.45) is 5.63. The molecule has 0 aromatic carbocycles. The highest BCUT2D eigenvalue weighted by Crippen LogP contribution is 2.19. The summed E-state index contributed by atoms with van der Waals surface area (Å²) in [5.74, 6) is -2.06. The standard InChI is InChI=1S/C18H30N4O5/c1-4-26-16(24)18(22-14(3)23,17(25)27-5-2)9-6-7-10-19-11-8-15-12-20-13-21-15/h12-13,19H,4-11H2,1-3H3,(H,20,21)(H,22,23). The number of aromatic nitrogens is 2. The molecule has 27 heavy (non-hydrogen) atoms. The van der Waals surface area contributed by atoms with Crippen LogP contribution in [-0.2, 0) is 30.3 Å². The Labute approximate surface area is 159 Å². The fourth-order valence-corrected chi connectivity index (χ4v) is 2.67. The molecule has 0 atom stereocenters. The van der Waals surface area contributed by atoms with Crippen LogP contribution in [0.1, 0.15) is 45.7 Å². The molecule has 0 aliphatic carbocycles. The molecule has 0 unspecified atom stereocenters. The van der Waals surface area contributed by atoms with Crippen molar-refractivity contribution in [3.05, 3.63) is 18.2 Å². The Morgan fingerprint density at radius 1 is 1.11 bits per heavy atom. The molecular formula is C18H30N4O5. The smallest absolute Gasteiger partial charge is 0.343 e. The quantitative estimate of drug-likeness (QED) is 0.261. The minimum Gasteiger partial charge on any atom is -0.464 e. The van der Waals surface area contributed by atoms with Crippen LogP contribution in [0, 0.1) is 0 Å². The number of aromatic amines is 1. The highest BCUT2D eigenvalue weighted by Gasteiger charge is 2.49. The van der Waals surface area contributed by atoms with E-state index in [1.807, 2.05) is 0 Å². The number of nitrogens with one attached hydrogen (secondary N) is 3.